The number of carbonyl (C=O) groups excluding carboxylic acids is 1. The molecule has 0 saturated carbocycles. The number of amides is 1. The van der Waals surface area contributed by atoms with Gasteiger partial charge in [-0.25, -0.2) is 18.4 Å². The zero-order valence-electron chi connectivity index (χ0n) is 16.6. The third kappa shape index (κ3) is 4.06. The molecular formula is C21H23N5O3S. The average Bonchev–Trinajstić information content (AvgIpc) is 2.73. The molecule has 1 saturated heterocycles. The van der Waals surface area contributed by atoms with Gasteiger partial charge in [0.2, 0.25) is 5.91 Å². The molecular weight excluding hydrogens is 402 g/mol. The maximum Gasteiger partial charge on any atom is 0.263 e. The molecule has 1 fully saturated rings. The van der Waals surface area contributed by atoms with Gasteiger partial charge in [0.25, 0.3) is 10.0 Å². The summed E-state index contributed by atoms with van der Waals surface area (Å²) in [4.78, 5) is 22.9. The Labute approximate surface area is 175 Å². The van der Waals surface area contributed by atoms with Crippen molar-refractivity contribution >= 4 is 38.6 Å². The minimum atomic E-state index is -3.86. The number of sulfonamides is 1. The van der Waals surface area contributed by atoms with E-state index in [9.17, 15) is 13.2 Å². The van der Waals surface area contributed by atoms with Crippen molar-refractivity contribution in [2.45, 2.75) is 24.7 Å². The van der Waals surface area contributed by atoms with E-state index < -0.39 is 10.0 Å². The molecule has 1 atom stereocenters. The van der Waals surface area contributed by atoms with Gasteiger partial charge in [0.1, 0.15) is 0 Å². The van der Waals surface area contributed by atoms with E-state index in [-0.39, 0.29) is 22.5 Å². The van der Waals surface area contributed by atoms with Crippen LogP contribution in [0.3, 0.4) is 0 Å². The number of fused-ring (bicyclic) bond motifs is 1. The van der Waals surface area contributed by atoms with Crippen molar-refractivity contribution in [1.82, 2.24) is 9.97 Å². The van der Waals surface area contributed by atoms with Crippen molar-refractivity contribution in [3.63, 3.8) is 0 Å². The van der Waals surface area contributed by atoms with Crippen molar-refractivity contribution in [3.8, 4) is 0 Å². The van der Waals surface area contributed by atoms with Crippen molar-refractivity contribution in [1.29, 1.82) is 0 Å². The van der Waals surface area contributed by atoms with Gasteiger partial charge in [0.15, 0.2) is 11.6 Å². The molecule has 9 heteroatoms. The molecule has 0 aliphatic carbocycles. The summed E-state index contributed by atoms with van der Waals surface area (Å²) in [6.07, 6.45) is 1.46. The van der Waals surface area contributed by atoms with Crippen molar-refractivity contribution < 1.29 is 13.2 Å². The second-order valence-electron chi connectivity index (χ2n) is 7.49. The van der Waals surface area contributed by atoms with E-state index in [4.69, 9.17) is 5.73 Å². The first-order valence-electron chi connectivity index (χ1n) is 9.74. The lowest BCUT2D eigenvalue weighted by molar-refractivity contribution is -0.122. The largest absolute Gasteiger partial charge is 0.369 e. The summed E-state index contributed by atoms with van der Waals surface area (Å²) < 4.78 is 28.6. The number of carbonyl (C=O) groups is 1. The summed E-state index contributed by atoms with van der Waals surface area (Å²) >= 11 is 0. The molecule has 2 heterocycles. The number of anilines is 2. The predicted molar refractivity (Wildman–Crippen MR) is 116 cm³/mol. The van der Waals surface area contributed by atoms with E-state index in [2.05, 4.69) is 14.7 Å². The highest BCUT2D eigenvalue weighted by Gasteiger charge is 2.28. The highest BCUT2D eigenvalue weighted by molar-refractivity contribution is 7.92. The second kappa shape index (κ2) is 7.91. The van der Waals surface area contributed by atoms with Crippen LogP contribution in [0, 0.1) is 12.8 Å². The summed E-state index contributed by atoms with van der Waals surface area (Å²) in [7, 11) is -3.86. The van der Waals surface area contributed by atoms with E-state index in [1.165, 1.54) is 0 Å². The third-order valence-electron chi connectivity index (χ3n) is 5.24. The zero-order chi connectivity index (χ0) is 21.3. The predicted octanol–water partition coefficient (Wildman–Crippen LogP) is 2.44. The van der Waals surface area contributed by atoms with Crippen LogP contribution in [0.15, 0.2) is 53.4 Å². The van der Waals surface area contributed by atoms with Crippen LogP contribution >= 0.6 is 0 Å². The summed E-state index contributed by atoms with van der Waals surface area (Å²) in [5, 5.41) is 0. The molecule has 0 unspecified atom stereocenters. The van der Waals surface area contributed by atoms with E-state index in [1.54, 1.807) is 30.3 Å². The Balaban J connectivity index is 1.77. The van der Waals surface area contributed by atoms with Gasteiger partial charge in [-0.05, 0) is 44.0 Å². The van der Waals surface area contributed by atoms with Gasteiger partial charge in [0.05, 0.1) is 21.8 Å². The molecule has 3 aromatic rings. The molecule has 1 amide bonds. The van der Waals surface area contributed by atoms with Gasteiger partial charge >= 0.3 is 0 Å². The number of hydrogen-bond acceptors (Lipinski definition) is 6. The van der Waals surface area contributed by atoms with Crippen LogP contribution in [-0.2, 0) is 14.8 Å². The number of nitrogens with zero attached hydrogens (tertiary/aromatic N) is 3. The standard InChI is InChI=1S/C21H23N5O3S/c1-14-8-10-16(11-9-14)30(28,29)25-20-21(24-18-7-3-2-6-17(18)23-20)26-12-4-5-15(13-26)19(22)27/h2-3,6-11,15H,4-5,12-13H2,1H3,(H2,22,27)(H,23,25)/t15-/m0/s1. The number of para-hydroxylation sites is 2. The van der Waals surface area contributed by atoms with Crippen LogP contribution in [0.4, 0.5) is 11.6 Å². The number of piperidine rings is 1. The number of aryl methyl sites for hydroxylation is 1. The molecule has 1 aliphatic heterocycles. The van der Waals surface area contributed by atoms with Crippen LogP contribution in [-0.4, -0.2) is 37.4 Å². The summed E-state index contributed by atoms with van der Waals surface area (Å²) in [6.45, 7) is 2.90. The molecule has 0 radical (unpaired) electrons. The quantitative estimate of drug-likeness (QED) is 0.648. The van der Waals surface area contributed by atoms with Gasteiger partial charge in [-0.2, -0.15) is 0 Å². The Morgan fingerprint density at radius 3 is 2.43 bits per heavy atom. The number of primary amides is 1. The van der Waals surface area contributed by atoms with Gasteiger partial charge in [-0.3, -0.25) is 9.52 Å². The monoisotopic (exact) mass is 425 g/mol. The molecule has 0 spiro atoms. The van der Waals surface area contributed by atoms with Gasteiger partial charge in [-0.15, -0.1) is 0 Å². The lowest BCUT2D eigenvalue weighted by Gasteiger charge is -2.33. The molecule has 4 rings (SSSR count). The first kappa shape index (κ1) is 20.1. The number of benzene rings is 2. The van der Waals surface area contributed by atoms with Crippen molar-refractivity contribution in [2.24, 2.45) is 11.7 Å². The number of hydrogen-bond donors (Lipinski definition) is 2. The Hall–Kier alpha value is -3.20. The minimum Gasteiger partial charge on any atom is -0.369 e. The summed E-state index contributed by atoms with van der Waals surface area (Å²) in [5.74, 6) is -0.140. The molecule has 1 aliphatic rings. The van der Waals surface area contributed by atoms with Crippen LogP contribution in [0.1, 0.15) is 18.4 Å². The molecule has 1 aromatic heterocycles. The Kier molecular flexibility index (Phi) is 5.29. The maximum atomic E-state index is 13.0. The van der Waals surface area contributed by atoms with Gasteiger partial charge in [-0.1, -0.05) is 29.8 Å². The molecule has 30 heavy (non-hydrogen) atoms. The van der Waals surface area contributed by atoms with Crippen molar-refractivity contribution in [3.05, 3.63) is 54.1 Å². The van der Waals surface area contributed by atoms with Gasteiger partial charge < -0.3 is 10.6 Å². The average molecular weight is 426 g/mol. The molecule has 2 aromatic carbocycles. The number of nitrogens with one attached hydrogen (secondary N) is 1. The fourth-order valence-corrected chi connectivity index (χ4v) is 4.59. The Morgan fingerprint density at radius 1 is 1.10 bits per heavy atom. The maximum absolute atomic E-state index is 13.0. The molecule has 156 valence electrons. The lowest BCUT2D eigenvalue weighted by atomic mass is 9.97. The van der Waals surface area contributed by atoms with E-state index in [0.717, 1.165) is 12.0 Å². The van der Waals surface area contributed by atoms with E-state index in [1.807, 2.05) is 30.0 Å². The third-order valence-corrected chi connectivity index (χ3v) is 6.59. The molecule has 0 bridgehead atoms. The number of nitrogens with two attached hydrogens (primary N) is 1. The lowest BCUT2D eigenvalue weighted by Crippen LogP contribution is -2.42. The minimum absolute atomic E-state index is 0.138. The van der Waals surface area contributed by atoms with E-state index in [0.29, 0.717) is 36.4 Å². The topological polar surface area (TPSA) is 118 Å². The van der Waals surface area contributed by atoms with E-state index >= 15 is 0 Å². The number of rotatable bonds is 5. The van der Waals surface area contributed by atoms with Crippen LogP contribution in [0.2, 0.25) is 0 Å². The highest BCUT2D eigenvalue weighted by Crippen LogP contribution is 2.30. The number of aromatic nitrogens is 2. The van der Waals surface area contributed by atoms with Crippen LogP contribution < -0.4 is 15.4 Å². The first-order chi connectivity index (χ1) is 14.3. The summed E-state index contributed by atoms with van der Waals surface area (Å²) in [6, 6.07) is 13.8. The van der Waals surface area contributed by atoms with Crippen LogP contribution in [0.25, 0.3) is 11.0 Å². The fourth-order valence-electron chi connectivity index (χ4n) is 3.59. The highest BCUT2D eigenvalue weighted by atomic mass is 32.2. The molecule has 3 N–H and O–H groups in total. The smallest absolute Gasteiger partial charge is 0.263 e. The van der Waals surface area contributed by atoms with Crippen molar-refractivity contribution in [2.75, 3.05) is 22.7 Å². The van der Waals surface area contributed by atoms with Gasteiger partial charge in [0, 0.05) is 13.1 Å². The Morgan fingerprint density at radius 2 is 1.77 bits per heavy atom. The Bertz CT molecular complexity index is 1190. The SMILES string of the molecule is Cc1ccc(S(=O)(=O)Nc2nc3ccccc3nc2N2CCC[C@H](C(N)=O)C2)cc1. The fraction of sp³-hybridized carbons (Fsp3) is 0.286. The zero-order valence-corrected chi connectivity index (χ0v) is 17.4. The second-order valence-corrected chi connectivity index (χ2v) is 9.17. The first-order valence-corrected chi connectivity index (χ1v) is 11.2. The summed E-state index contributed by atoms with van der Waals surface area (Å²) in [5.41, 5.74) is 7.70. The normalized spacial score (nSPS) is 17.1. The molecule has 8 nitrogen and oxygen atoms in total. The van der Waals surface area contributed by atoms with Crippen LogP contribution in [0.5, 0.6) is 0 Å².